The van der Waals surface area contributed by atoms with Crippen LogP contribution in [0.2, 0.25) is 0 Å². The van der Waals surface area contributed by atoms with E-state index in [-0.39, 0.29) is 10.8 Å². The Morgan fingerprint density at radius 2 is 1.86 bits per heavy atom. The Morgan fingerprint density at radius 1 is 1.07 bits per heavy atom. The summed E-state index contributed by atoms with van der Waals surface area (Å²) >= 11 is 0. The second kappa shape index (κ2) is 1.89. The highest BCUT2D eigenvalue weighted by molar-refractivity contribution is 5.78. The Balaban J connectivity index is 1.88. The van der Waals surface area contributed by atoms with Crippen molar-refractivity contribution < 1.29 is 9.90 Å². The van der Waals surface area contributed by atoms with Crippen LogP contribution in [0.25, 0.3) is 0 Å². The minimum atomic E-state index is -0.473. The van der Waals surface area contributed by atoms with Gasteiger partial charge >= 0.3 is 5.97 Å². The summed E-state index contributed by atoms with van der Waals surface area (Å²) in [4.78, 5) is 11.5. The largest absolute Gasteiger partial charge is 0.481 e. The maximum Gasteiger partial charge on any atom is 0.310 e. The summed E-state index contributed by atoms with van der Waals surface area (Å²) < 4.78 is 0. The van der Waals surface area contributed by atoms with Gasteiger partial charge in [-0.3, -0.25) is 4.79 Å². The molecule has 1 spiro atoms. The van der Waals surface area contributed by atoms with Crippen molar-refractivity contribution in [1.29, 1.82) is 0 Å². The highest BCUT2D eigenvalue weighted by Crippen LogP contribution is 2.81. The fourth-order valence-electron chi connectivity index (χ4n) is 5.77. The van der Waals surface area contributed by atoms with Crippen molar-refractivity contribution >= 4 is 5.97 Å². The Hall–Kier alpha value is -0.530. The van der Waals surface area contributed by atoms with E-state index in [2.05, 4.69) is 0 Å². The maximum absolute atomic E-state index is 11.5. The number of carboxylic acid groups (broad SMARTS) is 1. The molecule has 4 aliphatic carbocycles. The lowest BCUT2D eigenvalue weighted by molar-refractivity contribution is -0.179. The van der Waals surface area contributed by atoms with Crippen molar-refractivity contribution in [3.05, 3.63) is 0 Å². The first-order valence-electron chi connectivity index (χ1n) is 5.90. The van der Waals surface area contributed by atoms with Crippen molar-refractivity contribution in [3.8, 4) is 0 Å². The van der Waals surface area contributed by atoms with Crippen LogP contribution in [0.15, 0.2) is 0 Å². The van der Waals surface area contributed by atoms with Crippen molar-refractivity contribution in [3.63, 3.8) is 0 Å². The van der Waals surface area contributed by atoms with E-state index in [0.29, 0.717) is 0 Å². The second-order valence-corrected chi connectivity index (χ2v) is 6.26. The van der Waals surface area contributed by atoms with Crippen LogP contribution in [0.4, 0.5) is 0 Å². The molecule has 0 saturated heterocycles. The molecule has 2 heteroatoms. The van der Waals surface area contributed by atoms with E-state index in [1.54, 1.807) is 0 Å². The molecule has 0 aromatic rings. The molecule has 3 bridgehead atoms. The fraction of sp³-hybridized carbons (Fsp3) is 0.917. The van der Waals surface area contributed by atoms with E-state index in [1.807, 2.05) is 0 Å². The van der Waals surface area contributed by atoms with Crippen LogP contribution in [0.3, 0.4) is 0 Å². The Kier molecular flexibility index (Phi) is 1.04. The molecule has 4 rings (SSSR count). The molecule has 76 valence electrons. The standard InChI is InChI=1S/C12H16O2/c13-10(14)12-5-8-1-7-2-9(6-12)11(12,3-7)4-8/h7-9H,1-6H2,(H,13,14). The minimum Gasteiger partial charge on any atom is -0.481 e. The second-order valence-electron chi connectivity index (χ2n) is 6.26. The van der Waals surface area contributed by atoms with E-state index in [0.717, 1.165) is 30.6 Å². The molecule has 4 saturated carbocycles. The van der Waals surface area contributed by atoms with Gasteiger partial charge in [-0.05, 0) is 61.7 Å². The van der Waals surface area contributed by atoms with Gasteiger partial charge in [0.25, 0.3) is 0 Å². The van der Waals surface area contributed by atoms with Gasteiger partial charge in [0.1, 0.15) is 0 Å². The summed E-state index contributed by atoms with van der Waals surface area (Å²) in [5, 5.41) is 9.47. The van der Waals surface area contributed by atoms with Gasteiger partial charge in [0.05, 0.1) is 5.41 Å². The third-order valence-electron chi connectivity index (χ3n) is 5.97. The smallest absolute Gasteiger partial charge is 0.310 e. The lowest BCUT2D eigenvalue weighted by Crippen LogP contribution is -2.56. The lowest BCUT2D eigenvalue weighted by Gasteiger charge is -2.56. The van der Waals surface area contributed by atoms with Crippen LogP contribution < -0.4 is 0 Å². The van der Waals surface area contributed by atoms with E-state index in [4.69, 9.17) is 0 Å². The molecule has 5 unspecified atom stereocenters. The number of carboxylic acids is 1. The number of rotatable bonds is 1. The SMILES string of the molecule is O=C(O)C12CC3CC4CC(C1)C2(C4)C3. The summed E-state index contributed by atoms with van der Waals surface area (Å²) in [6.07, 6.45) is 7.21. The predicted octanol–water partition coefficient (Wildman–Crippen LogP) is 2.29. The van der Waals surface area contributed by atoms with Gasteiger partial charge in [0, 0.05) is 0 Å². The molecule has 0 radical (unpaired) electrons. The first-order valence-corrected chi connectivity index (χ1v) is 5.90. The van der Waals surface area contributed by atoms with Gasteiger partial charge in [-0.2, -0.15) is 0 Å². The molecule has 4 aliphatic rings. The zero-order valence-electron chi connectivity index (χ0n) is 8.33. The van der Waals surface area contributed by atoms with Gasteiger partial charge in [0.2, 0.25) is 0 Å². The van der Waals surface area contributed by atoms with Crippen LogP contribution in [0.5, 0.6) is 0 Å². The lowest BCUT2D eigenvalue weighted by atomic mass is 9.46. The van der Waals surface area contributed by atoms with Crippen LogP contribution in [0, 0.1) is 28.6 Å². The molecule has 0 aromatic carbocycles. The van der Waals surface area contributed by atoms with Gasteiger partial charge in [-0.25, -0.2) is 0 Å². The number of fused-ring (bicyclic) bond motifs is 2. The molecule has 0 amide bonds. The molecular formula is C12H16O2. The highest BCUT2D eigenvalue weighted by Gasteiger charge is 2.77. The monoisotopic (exact) mass is 192 g/mol. The average molecular weight is 192 g/mol. The quantitative estimate of drug-likeness (QED) is 0.692. The van der Waals surface area contributed by atoms with Gasteiger partial charge < -0.3 is 5.11 Å². The average Bonchev–Trinajstić information content (AvgIpc) is 2.42. The molecule has 1 N–H and O–H groups in total. The number of hydrogen-bond acceptors (Lipinski definition) is 1. The van der Waals surface area contributed by atoms with Crippen molar-refractivity contribution in [2.24, 2.45) is 28.6 Å². The molecular weight excluding hydrogens is 176 g/mol. The Bertz CT molecular complexity index is 331. The fourth-order valence-corrected chi connectivity index (χ4v) is 5.77. The van der Waals surface area contributed by atoms with Crippen LogP contribution in [0.1, 0.15) is 38.5 Å². The summed E-state index contributed by atoms with van der Waals surface area (Å²) in [7, 11) is 0. The molecule has 2 nitrogen and oxygen atoms in total. The Morgan fingerprint density at radius 3 is 2.64 bits per heavy atom. The normalized spacial score (nSPS) is 62.4. The molecule has 14 heavy (non-hydrogen) atoms. The summed E-state index contributed by atoms with van der Waals surface area (Å²) in [6.45, 7) is 0. The molecule has 5 atom stereocenters. The Labute approximate surface area is 83.7 Å². The number of hydrogen-bond donors (Lipinski definition) is 1. The van der Waals surface area contributed by atoms with E-state index < -0.39 is 5.97 Å². The third kappa shape index (κ3) is 0.535. The molecule has 0 aliphatic heterocycles. The van der Waals surface area contributed by atoms with Gasteiger partial charge in [-0.15, -0.1) is 0 Å². The zero-order chi connectivity index (χ0) is 9.55. The molecule has 0 heterocycles. The maximum atomic E-state index is 11.5. The van der Waals surface area contributed by atoms with Crippen LogP contribution in [-0.2, 0) is 4.79 Å². The number of carbonyl (C=O) groups is 1. The van der Waals surface area contributed by atoms with E-state index >= 15 is 0 Å². The van der Waals surface area contributed by atoms with Crippen molar-refractivity contribution in [2.45, 2.75) is 38.5 Å². The molecule has 4 fully saturated rings. The summed E-state index contributed by atoms with van der Waals surface area (Å²) in [6, 6.07) is 0. The van der Waals surface area contributed by atoms with Crippen LogP contribution >= 0.6 is 0 Å². The van der Waals surface area contributed by atoms with Gasteiger partial charge in [0.15, 0.2) is 0 Å². The minimum absolute atomic E-state index is 0.256. The topological polar surface area (TPSA) is 37.3 Å². The predicted molar refractivity (Wildman–Crippen MR) is 50.7 cm³/mol. The van der Waals surface area contributed by atoms with Crippen LogP contribution in [-0.4, -0.2) is 11.1 Å². The first-order chi connectivity index (χ1) is 6.66. The van der Waals surface area contributed by atoms with E-state index in [9.17, 15) is 9.90 Å². The third-order valence-corrected chi connectivity index (χ3v) is 5.97. The van der Waals surface area contributed by atoms with Crippen molar-refractivity contribution in [1.82, 2.24) is 0 Å². The molecule has 0 aromatic heterocycles. The van der Waals surface area contributed by atoms with Gasteiger partial charge in [-0.1, -0.05) is 0 Å². The summed E-state index contributed by atoms with van der Waals surface area (Å²) in [5.74, 6) is 1.97. The highest BCUT2D eigenvalue weighted by atomic mass is 16.4. The van der Waals surface area contributed by atoms with E-state index in [1.165, 1.54) is 25.7 Å². The number of aliphatic carboxylic acids is 1. The van der Waals surface area contributed by atoms with Crippen molar-refractivity contribution in [2.75, 3.05) is 0 Å². The first kappa shape index (κ1) is 7.72. The zero-order valence-corrected chi connectivity index (χ0v) is 8.33. The summed E-state index contributed by atoms with van der Waals surface area (Å²) in [5.41, 5.74) is 0.0278.